The second-order valence-electron chi connectivity index (χ2n) is 3.62. The molecule has 0 atom stereocenters. The van der Waals surface area contributed by atoms with Crippen molar-refractivity contribution in [3.63, 3.8) is 0 Å². The van der Waals surface area contributed by atoms with Crippen LogP contribution in [0.15, 0.2) is 30.3 Å². The first-order valence-electron chi connectivity index (χ1n) is 5.41. The van der Waals surface area contributed by atoms with Crippen LogP contribution in [0.3, 0.4) is 0 Å². The number of nitrogen functional groups attached to an aromatic ring is 1. The molecular weight excluding hydrogens is 237 g/mol. The van der Waals surface area contributed by atoms with Gasteiger partial charge in [0.2, 0.25) is 0 Å². The third kappa shape index (κ3) is 2.48. The molecule has 0 saturated heterocycles. The van der Waals surface area contributed by atoms with Gasteiger partial charge >= 0.3 is 5.97 Å². The van der Waals surface area contributed by atoms with E-state index in [0.717, 1.165) is 6.07 Å². The molecule has 0 aliphatic carbocycles. The molecule has 0 bridgehead atoms. The second-order valence-corrected chi connectivity index (χ2v) is 3.62. The summed E-state index contributed by atoms with van der Waals surface area (Å²) in [6, 6.07) is 6.75. The maximum absolute atomic E-state index is 12.9. The van der Waals surface area contributed by atoms with Crippen LogP contribution in [0, 0.1) is 5.82 Å². The Morgan fingerprint density at radius 1 is 1.50 bits per heavy atom. The number of aromatic nitrogens is 2. The molecule has 0 aliphatic heterocycles. The molecular formula is C12H12FN3O2. The van der Waals surface area contributed by atoms with Crippen LogP contribution in [0.25, 0.3) is 0 Å². The fourth-order valence-corrected chi connectivity index (χ4v) is 1.47. The minimum Gasteiger partial charge on any atom is -0.422 e. The van der Waals surface area contributed by atoms with Gasteiger partial charge in [-0.05, 0) is 19.1 Å². The first-order chi connectivity index (χ1) is 8.60. The van der Waals surface area contributed by atoms with Crippen LogP contribution in [0.4, 0.5) is 10.2 Å². The van der Waals surface area contributed by atoms with E-state index in [-0.39, 0.29) is 11.4 Å². The lowest BCUT2D eigenvalue weighted by Crippen LogP contribution is -2.10. The molecule has 1 aromatic carbocycles. The molecule has 1 heterocycles. The average molecular weight is 249 g/mol. The van der Waals surface area contributed by atoms with Crippen molar-refractivity contribution < 1.29 is 13.9 Å². The van der Waals surface area contributed by atoms with Crippen molar-refractivity contribution in [2.75, 3.05) is 5.73 Å². The molecule has 18 heavy (non-hydrogen) atoms. The Bertz CT molecular complexity index is 580. The number of esters is 1. The van der Waals surface area contributed by atoms with E-state index in [1.807, 2.05) is 6.92 Å². The summed E-state index contributed by atoms with van der Waals surface area (Å²) >= 11 is 0. The standard InChI is InChI=1S/C12H12FN3O2/c1-2-16-11(14)7-10(15-16)12(17)18-9-5-3-4-8(13)6-9/h3-7H,2,14H2,1H3. The molecule has 0 fully saturated rings. The summed E-state index contributed by atoms with van der Waals surface area (Å²) in [5.41, 5.74) is 5.74. The number of hydrogen-bond acceptors (Lipinski definition) is 4. The van der Waals surface area contributed by atoms with Crippen LogP contribution in [-0.2, 0) is 6.54 Å². The Morgan fingerprint density at radius 3 is 2.89 bits per heavy atom. The fraction of sp³-hybridized carbons (Fsp3) is 0.167. The predicted molar refractivity (Wildman–Crippen MR) is 63.7 cm³/mol. The highest BCUT2D eigenvalue weighted by atomic mass is 19.1. The summed E-state index contributed by atoms with van der Waals surface area (Å²) in [6.45, 7) is 2.41. The number of anilines is 1. The quantitative estimate of drug-likeness (QED) is 0.665. The topological polar surface area (TPSA) is 70.1 Å². The zero-order valence-corrected chi connectivity index (χ0v) is 9.76. The molecule has 6 heteroatoms. The van der Waals surface area contributed by atoms with E-state index in [1.54, 1.807) is 0 Å². The number of aryl methyl sites for hydroxylation is 1. The first-order valence-corrected chi connectivity index (χ1v) is 5.41. The number of benzene rings is 1. The van der Waals surface area contributed by atoms with E-state index in [1.165, 1.54) is 28.9 Å². The maximum atomic E-state index is 12.9. The summed E-state index contributed by atoms with van der Waals surface area (Å²) < 4.78 is 19.4. The third-order valence-corrected chi connectivity index (χ3v) is 2.33. The first kappa shape index (κ1) is 12.1. The summed E-state index contributed by atoms with van der Waals surface area (Å²) in [4.78, 5) is 11.7. The Hall–Kier alpha value is -2.37. The lowest BCUT2D eigenvalue weighted by Gasteiger charge is -2.01. The highest BCUT2D eigenvalue weighted by Gasteiger charge is 2.14. The second kappa shape index (κ2) is 4.87. The van der Waals surface area contributed by atoms with Gasteiger partial charge in [0.15, 0.2) is 5.69 Å². The van der Waals surface area contributed by atoms with Crippen molar-refractivity contribution in [3.05, 3.63) is 41.8 Å². The lowest BCUT2D eigenvalue weighted by molar-refractivity contribution is 0.0727. The van der Waals surface area contributed by atoms with Crippen molar-refractivity contribution >= 4 is 11.8 Å². The molecule has 2 aromatic rings. The van der Waals surface area contributed by atoms with Gasteiger partial charge in [-0.15, -0.1) is 0 Å². The Morgan fingerprint density at radius 2 is 2.28 bits per heavy atom. The van der Waals surface area contributed by atoms with Gasteiger partial charge in [0.25, 0.3) is 0 Å². The van der Waals surface area contributed by atoms with Crippen LogP contribution in [0.5, 0.6) is 5.75 Å². The summed E-state index contributed by atoms with van der Waals surface area (Å²) in [6.07, 6.45) is 0. The Balaban J connectivity index is 2.16. The van der Waals surface area contributed by atoms with Crippen molar-refractivity contribution in [2.45, 2.75) is 13.5 Å². The monoisotopic (exact) mass is 249 g/mol. The molecule has 5 nitrogen and oxygen atoms in total. The minimum atomic E-state index is -0.667. The SMILES string of the molecule is CCn1nc(C(=O)Oc2cccc(F)c2)cc1N. The number of rotatable bonds is 3. The summed E-state index contributed by atoms with van der Waals surface area (Å²) in [5.74, 6) is -0.633. The van der Waals surface area contributed by atoms with Crippen molar-refractivity contribution in [3.8, 4) is 5.75 Å². The number of carbonyl (C=O) groups is 1. The summed E-state index contributed by atoms with van der Waals surface area (Å²) in [5, 5.41) is 3.97. The smallest absolute Gasteiger partial charge is 0.364 e. The number of nitrogens with two attached hydrogens (primary N) is 1. The summed E-state index contributed by atoms with van der Waals surface area (Å²) in [7, 11) is 0. The van der Waals surface area contributed by atoms with Crippen LogP contribution >= 0.6 is 0 Å². The van der Waals surface area contributed by atoms with Crippen LogP contribution < -0.4 is 10.5 Å². The molecule has 1 aromatic heterocycles. The number of nitrogens with zero attached hydrogens (tertiary/aromatic N) is 2. The van der Waals surface area contributed by atoms with Crippen LogP contribution in [0.2, 0.25) is 0 Å². The largest absolute Gasteiger partial charge is 0.422 e. The number of carbonyl (C=O) groups excluding carboxylic acids is 1. The number of hydrogen-bond donors (Lipinski definition) is 1. The predicted octanol–water partition coefficient (Wildman–Crippen LogP) is 1.84. The average Bonchev–Trinajstić information content (AvgIpc) is 2.70. The van der Waals surface area contributed by atoms with Gasteiger partial charge < -0.3 is 10.5 Å². The zero-order chi connectivity index (χ0) is 13.1. The molecule has 0 amide bonds. The van der Waals surface area contributed by atoms with E-state index in [2.05, 4.69) is 5.10 Å². The van der Waals surface area contributed by atoms with Gasteiger partial charge in [-0.25, -0.2) is 13.9 Å². The molecule has 2 rings (SSSR count). The number of ether oxygens (including phenoxy) is 1. The molecule has 0 unspecified atom stereocenters. The van der Waals surface area contributed by atoms with E-state index >= 15 is 0 Å². The van der Waals surface area contributed by atoms with Crippen LogP contribution in [-0.4, -0.2) is 15.7 Å². The Labute approximate surface area is 103 Å². The maximum Gasteiger partial charge on any atom is 0.364 e. The van der Waals surface area contributed by atoms with Crippen molar-refractivity contribution in [1.82, 2.24) is 9.78 Å². The molecule has 0 saturated carbocycles. The van der Waals surface area contributed by atoms with Crippen LogP contribution in [0.1, 0.15) is 17.4 Å². The zero-order valence-electron chi connectivity index (χ0n) is 9.76. The highest BCUT2D eigenvalue weighted by molar-refractivity contribution is 5.89. The normalized spacial score (nSPS) is 10.3. The molecule has 94 valence electrons. The van der Waals surface area contributed by atoms with Gasteiger partial charge in [-0.3, -0.25) is 0 Å². The van der Waals surface area contributed by atoms with Crippen molar-refractivity contribution in [2.24, 2.45) is 0 Å². The third-order valence-electron chi connectivity index (χ3n) is 2.33. The van der Waals surface area contributed by atoms with Gasteiger partial charge in [0.1, 0.15) is 17.4 Å². The lowest BCUT2D eigenvalue weighted by atomic mass is 10.3. The van der Waals surface area contributed by atoms with E-state index < -0.39 is 11.8 Å². The van der Waals surface area contributed by atoms with E-state index in [0.29, 0.717) is 12.4 Å². The number of halogens is 1. The van der Waals surface area contributed by atoms with Crippen molar-refractivity contribution in [1.29, 1.82) is 0 Å². The van der Waals surface area contributed by atoms with Gasteiger partial charge in [-0.2, -0.15) is 5.10 Å². The van der Waals surface area contributed by atoms with Gasteiger partial charge in [-0.1, -0.05) is 6.07 Å². The molecule has 0 radical (unpaired) electrons. The minimum absolute atomic E-state index is 0.0959. The molecule has 0 spiro atoms. The van der Waals surface area contributed by atoms with E-state index in [9.17, 15) is 9.18 Å². The molecule has 0 aliphatic rings. The van der Waals surface area contributed by atoms with E-state index in [4.69, 9.17) is 10.5 Å². The van der Waals surface area contributed by atoms with Gasteiger partial charge in [0, 0.05) is 18.7 Å². The van der Waals surface area contributed by atoms with Gasteiger partial charge in [0.05, 0.1) is 0 Å². The molecule has 2 N–H and O–H groups in total. The highest BCUT2D eigenvalue weighted by Crippen LogP contribution is 2.15. The fourth-order valence-electron chi connectivity index (χ4n) is 1.47. The Kier molecular flexibility index (Phi) is 3.27.